The predicted octanol–water partition coefficient (Wildman–Crippen LogP) is 8.24. The highest BCUT2D eigenvalue weighted by Gasteiger charge is 2.33. The van der Waals surface area contributed by atoms with Gasteiger partial charge in [0.2, 0.25) is 0 Å². The molecule has 1 aliphatic rings. The summed E-state index contributed by atoms with van der Waals surface area (Å²) in [6.45, 7) is 2.84. The Hall–Kier alpha value is -3.81. The van der Waals surface area contributed by atoms with E-state index in [-0.39, 0.29) is 11.9 Å². The second kappa shape index (κ2) is 12.0. The Morgan fingerprint density at radius 1 is 0.976 bits per heavy atom. The summed E-state index contributed by atoms with van der Waals surface area (Å²) in [4.78, 5) is 14.9. The SMILES string of the molecule is COc1ccc(C2=NN(C(=O)CSc3cn(Cc4ccc(Br)cc4)c4ccccc34)[C@H](c3ccc(C)cc3)C2)cc1. The normalized spacial score (nSPS) is 14.9. The van der Waals surface area contributed by atoms with E-state index in [2.05, 4.69) is 106 Å². The van der Waals surface area contributed by atoms with Crippen molar-refractivity contribution >= 4 is 50.2 Å². The highest BCUT2D eigenvalue weighted by atomic mass is 79.9. The molecule has 0 N–H and O–H groups in total. The zero-order chi connectivity index (χ0) is 28.3. The summed E-state index contributed by atoms with van der Waals surface area (Å²) in [6, 6.07) is 32.9. The van der Waals surface area contributed by atoms with E-state index in [1.807, 2.05) is 24.3 Å². The molecule has 41 heavy (non-hydrogen) atoms. The van der Waals surface area contributed by atoms with Crippen molar-refractivity contribution in [2.45, 2.75) is 30.8 Å². The van der Waals surface area contributed by atoms with Crippen molar-refractivity contribution in [1.29, 1.82) is 0 Å². The van der Waals surface area contributed by atoms with Gasteiger partial charge in [-0.05, 0) is 66.1 Å². The molecule has 5 nitrogen and oxygen atoms in total. The van der Waals surface area contributed by atoms with Gasteiger partial charge in [0.15, 0.2) is 0 Å². The number of aromatic nitrogens is 1. The Balaban J connectivity index is 1.25. The lowest BCUT2D eigenvalue weighted by Crippen LogP contribution is -2.28. The van der Waals surface area contributed by atoms with Crippen LogP contribution in [0.2, 0.25) is 0 Å². The summed E-state index contributed by atoms with van der Waals surface area (Å²) in [6.07, 6.45) is 2.83. The Bertz CT molecular complexity index is 1710. The van der Waals surface area contributed by atoms with Crippen LogP contribution in [-0.2, 0) is 11.3 Å². The van der Waals surface area contributed by atoms with Crippen molar-refractivity contribution in [3.63, 3.8) is 0 Å². The van der Waals surface area contributed by atoms with Crippen molar-refractivity contribution < 1.29 is 9.53 Å². The number of aryl methyl sites for hydroxylation is 1. The second-order valence-electron chi connectivity index (χ2n) is 10.2. The van der Waals surface area contributed by atoms with Gasteiger partial charge in [0.05, 0.1) is 24.6 Å². The van der Waals surface area contributed by atoms with Crippen molar-refractivity contribution in [3.8, 4) is 5.75 Å². The highest BCUT2D eigenvalue weighted by Crippen LogP contribution is 2.36. The molecule has 1 atom stereocenters. The number of rotatable bonds is 8. The minimum absolute atomic E-state index is 0.00572. The third-order valence-electron chi connectivity index (χ3n) is 7.42. The van der Waals surface area contributed by atoms with E-state index in [1.165, 1.54) is 11.1 Å². The zero-order valence-corrected chi connectivity index (χ0v) is 25.4. The molecule has 0 fully saturated rings. The number of halogens is 1. The number of carbonyl (C=O) groups excluding carboxylic acids is 1. The monoisotopic (exact) mass is 623 g/mol. The maximum Gasteiger partial charge on any atom is 0.253 e. The number of carbonyl (C=O) groups is 1. The van der Waals surface area contributed by atoms with Crippen molar-refractivity contribution in [2.75, 3.05) is 12.9 Å². The molecule has 6 rings (SSSR count). The number of thioether (sulfide) groups is 1. The second-order valence-corrected chi connectivity index (χ2v) is 12.1. The maximum atomic E-state index is 13.8. The molecule has 0 saturated carbocycles. The molecule has 0 saturated heterocycles. The van der Waals surface area contributed by atoms with E-state index in [0.29, 0.717) is 12.2 Å². The first-order valence-corrected chi connectivity index (χ1v) is 15.3. The molecule has 4 aromatic carbocycles. The van der Waals surface area contributed by atoms with E-state index in [0.717, 1.165) is 49.4 Å². The molecule has 2 heterocycles. The summed E-state index contributed by atoms with van der Waals surface area (Å²) in [5.41, 5.74) is 6.57. The van der Waals surface area contributed by atoms with Crippen LogP contribution in [0.3, 0.4) is 0 Å². The number of hydrazone groups is 1. The molecule has 0 radical (unpaired) electrons. The minimum atomic E-state index is -0.139. The molecule has 0 spiro atoms. The van der Waals surface area contributed by atoms with E-state index in [1.54, 1.807) is 23.9 Å². The number of para-hydroxylation sites is 1. The van der Waals surface area contributed by atoms with Crippen molar-refractivity contribution in [3.05, 3.63) is 130 Å². The van der Waals surface area contributed by atoms with Crippen LogP contribution in [-0.4, -0.2) is 34.1 Å². The molecule has 7 heteroatoms. The van der Waals surface area contributed by atoms with Crippen LogP contribution in [0.25, 0.3) is 10.9 Å². The number of benzene rings is 4. The van der Waals surface area contributed by atoms with Crippen LogP contribution in [0, 0.1) is 6.92 Å². The van der Waals surface area contributed by atoms with Gasteiger partial charge in [0.1, 0.15) is 5.75 Å². The van der Waals surface area contributed by atoms with E-state index < -0.39 is 0 Å². The van der Waals surface area contributed by atoms with Gasteiger partial charge in [-0.25, -0.2) is 5.01 Å². The fraction of sp³-hybridized carbons (Fsp3) is 0.176. The van der Waals surface area contributed by atoms with E-state index >= 15 is 0 Å². The highest BCUT2D eigenvalue weighted by molar-refractivity contribution is 9.10. The van der Waals surface area contributed by atoms with Crippen LogP contribution >= 0.6 is 27.7 Å². The number of hydrogen-bond acceptors (Lipinski definition) is 4. The summed E-state index contributed by atoms with van der Waals surface area (Å²) in [7, 11) is 1.66. The van der Waals surface area contributed by atoms with Crippen molar-refractivity contribution in [1.82, 2.24) is 9.58 Å². The molecular formula is C34H30BrN3O2S. The molecule has 0 unspecified atom stereocenters. The molecule has 1 aliphatic heterocycles. The zero-order valence-electron chi connectivity index (χ0n) is 23.0. The van der Waals surface area contributed by atoms with Crippen LogP contribution < -0.4 is 4.74 Å². The number of amides is 1. The lowest BCUT2D eigenvalue weighted by Gasteiger charge is -2.22. The van der Waals surface area contributed by atoms with Crippen LogP contribution in [0.4, 0.5) is 0 Å². The first kappa shape index (κ1) is 27.4. The first-order chi connectivity index (χ1) is 20.0. The summed E-state index contributed by atoms with van der Waals surface area (Å²) >= 11 is 5.10. The van der Waals surface area contributed by atoms with Crippen LogP contribution in [0.5, 0.6) is 5.75 Å². The van der Waals surface area contributed by atoms with Gasteiger partial charge in [-0.1, -0.05) is 76.1 Å². The Labute approximate surface area is 253 Å². The number of nitrogens with zero attached hydrogens (tertiary/aromatic N) is 3. The number of methoxy groups -OCH3 is 1. The standard InChI is InChI=1S/C34H30BrN3O2S/c1-23-7-11-26(12-8-23)32-19-30(25-13-17-28(40-2)18-14-25)36-38(32)34(39)22-41-33-21-37(31-6-4-3-5-29(31)33)20-24-9-15-27(35)16-10-24/h3-18,21,32H,19-20,22H2,1-2H3/t32-/m0/s1. The smallest absolute Gasteiger partial charge is 0.253 e. The van der Waals surface area contributed by atoms with E-state index in [4.69, 9.17) is 9.84 Å². The Morgan fingerprint density at radius 2 is 1.71 bits per heavy atom. The van der Waals surface area contributed by atoms with Gasteiger partial charge < -0.3 is 9.30 Å². The Kier molecular flexibility index (Phi) is 7.99. The van der Waals surface area contributed by atoms with Crippen LogP contribution in [0.1, 0.15) is 34.7 Å². The third-order valence-corrected chi connectivity index (χ3v) is 8.98. The molecule has 1 amide bonds. The minimum Gasteiger partial charge on any atom is -0.497 e. The average molecular weight is 625 g/mol. The number of hydrogen-bond donors (Lipinski definition) is 0. The maximum absolute atomic E-state index is 13.8. The fourth-order valence-corrected chi connectivity index (χ4v) is 6.40. The Morgan fingerprint density at radius 3 is 2.44 bits per heavy atom. The predicted molar refractivity (Wildman–Crippen MR) is 171 cm³/mol. The molecule has 5 aromatic rings. The quantitative estimate of drug-likeness (QED) is 0.164. The van der Waals surface area contributed by atoms with Gasteiger partial charge in [-0.15, -0.1) is 11.8 Å². The largest absolute Gasteiger partial charge is 0.497 e. The lowest BCUT2D eigenvalue weighted by molar-refractivity contribution is -0.130. The molecule has 206 valence electrons. The summed E-state index contributed by atoms with van der Waals surface area (Å²) in [5.74, 6) is 1.09. The first-order valence-electron chi connectivity index (χ1n) is 13.5. The third kappa shape index (κ3) is 5.97. The molecule has 0 aliphatic carbocycles. The van der Waals surface area contributed by atoms with Gasteiger partial charge in [0.25, 0.3) is 5.91 Å². The molecular weight excluding hydrogens is 594 g/mol. The molecule has 0 bridgehead atoms. The molecule has 1 aromatic heterocycles. The number of fused-ring (bicyclic) bond motifs is 1. The van der Waals surface area contributed by atoms with Gasteiger partial charge >= 0.3 is 0 Å². The lowest BCUT2D eigenvalue weighted by atomic mass is 9.97. The van der Waals surface area contributed by atoms with Gasteiger partial charge in [-0.2, -0.15) is 5.10 Å². The topological polar surface area (TPSA) is 46.8 Å². The fourth-order valence-electron chi connectivity index (χ4n) is 5.20. The number of ether oxygens (including phenoxy) is 1. The average Bonchev–Trinajstić information content (AvgIpc) is 3.60. The summed E-state index contributed by atoms with van der Waals surface area (Å²) in [5, 5.41) is 7.72. The summed E-state index contributed by atoms with van der Waals surface area (Å²) < 4.78 is 8.65. The van der Waals surface area contributed by atoms with Crippen molar-refractivity contribution in [2.24, 2.45) is 5.10 Å². The van der Waals surface area contributed by atoms with Crippen LogP contribution in [0.15, 0.2) is 118 Å². The van der Waals surface area contributed by atoms with E-state index in [9.17, 15) is 4.79 Å². The van der Waals surface area contributed by atoms with Gasteiger partial charge in [0, 0.05) is 39.4 Å². The van der Waals surface area contributed by atoms with Gasteiger partial charge in [-0.3, -0.25) is 4.79 Å².